The molecule has 0 fully saturated rings. The van der Waals surface area contributed by atoms with Crippen LogP contribution in [0.25, 0.3) is 10.2 Å². The number of aromatic nitrogens is 1. The molecule has 2 aromatic rings. The summed E-state index contributed by atoms with van der Waals surface area (Å²) in [4.78, 5) is 4.64. The molecule has 3 nitrogen and oxygen atoms in total. The molecule has 104 valence electrons. The molecule has 0 amide bonds. The molecule has 19 heavy (non-hydrogen) atoms. The minimum Gasteiger partial charge on any atom is -0.492 e. The Morgan fingerprint density at radius 1 is 1.37 bits per heavy atom. The minimum atomic E-state index is -0.311. The third-order valence-electron chi connectivity index (χ3n) is 2.76. The summed E-state index contributed by atoms with van der Waals surface area (Å²) in [5.74, 6) is 0.872. The van der Waals surface area contributed by atoms with Gasteiger partial charge in [0.05, 0.1) is 15.2 Å². The third kappa shape index (κ3) is 4.18. The maximum atomic E-state index is 5.92. The molecule has 0 aliphatic heterocycles. The Balaban J connectivity index is 2.11. The second-order valence-electron chi connectivity index (χ2n) is 5.62. The van der Waals surface area contributed by atoms with Gasteiger partial charge in [-0.05, 0) is 44.9 Å². The van der Waals surface area contributed by atoms with Gasteiger partial charge in [0.15, 0.2) is 0 Å². The summed E-state index contributed by atoms with van der Waals surface area (Å²) >= 11 is 1.76. The van der Waals surface area contributed by atoms with E-state index in [4.69, 9.17) is 10.5 Å². The number of thiazole rings is 1. The molecule has 0 spiro atoms. The van der Waals surface area contributed by atoms with Gasteiger partial charge >= 0.3 is 0 Å². The predicted molar refractivity (Wildman–Crippen MR) is 82.0 cm³/mol. The Bertz CT molecular complexity index is 543. The summed E-state index contributed by atoms with van der Waals surface area (Å²) in [6, 6.07) is 6.06. The van der Waals surface area contributed by atoms with Crippen molar-refractivity contribution in [3.63, 3.8) is 0 Å². The van der Waals surface area contributed by atoms with Crippen LogP contribution in [-0.4, -0.2) is 17.1 Å². The highest BCUT2D eigenvalue weighted by Gasteiger charge is 2.12. The van der Waals surface area contributed by atoms with Gasteiger partial charge in [-0.15, -0.1) is 11.3 Å². The van der Waals surface area contributed by atoms with E-state index in [0.29, 0.717) is 6.61 Å². The molecule has 1 aromatic heterocycles. The van der Waals surface area contributed by atoms with Crippen LogP contribution in [0.15, 0.2) is 18.2 Å². The van der Waals surface area contributed by atoms with Gasteiger partial charge in [-0.3, -0.25) is 0 Å². The maximum Gasteiger partial charge on any atom is 0.120 e. The number of aryl methyl sites for hydroxylation is 1. The van der Waals surface area contributed by atoms with Crippen LogP contribution < -0.4 is 10.5 Å². The molecule has 0 saturated carbocycles. The third-order valence-corrected chi connectivity index (χ3v) is 3.84. The standard InChI is InChI=1S/C15H22N2OS/c1-4-5-6-14-17-12-8-7-11(9-13(12)19-14)18-10-15(2,3)16/h7-9H,4-6,10,16H2,1-3H3. The van der Waals surface area contributed by atoms with Crippen LogP contribution in [0.3, 0.4) is 0 Å². The molecule has 0 atom stereocenters. The smallest absolute Gasteiger partial charge is 0.120 e. The molecule has 1 aromatic carbocycles. The highest BCUT2D eigenvalue weighted by molar-refractivity contribution is 7.18. The van der Waals surface area contributed by atoms with Gasteiger partial charge in [0.1, 0.15) is 12.4 Å². The highest BCUT2D eigenvalue weighted by atomic mass is 32.1. The average Bonchev–Trinajstić information content (AvgIpc) is 2.74. The number of ether oxygens (including phenoxy) is 1. The topological polar surface area (TPSA) is 48.1 Å². The number of nitrogens with two attached hydrogens (primary N) is 1. The number of hydrogen-bond donors (Lipinski definition) is 1. The molecule has 0 aliphatic rings. The van der Waals surface area contributed by atoms with Gasteiger partial charge in [0.2, 0.25) is 0 Å². The van der Waals surface area contributed by atoms with Crippen LogP contribution in [0.5, 0.6) is 5.75 Å². The van der Waals surface area contributed by atoms with Crippen molar-refractivity contribution in [3.8, 4) is 5.75 Å². The van der Waals surface area contributed by atoms with Gasteiger partial charge in [-0.25, -0.2) is 4.98 Å². The Morgan fingerprint density at radius 3 is 2.84 bits per heavy atom. The van der Waals surface area contributed by atoms with Crippen LogP contribution in [0.4, 0.5) is 0 Å². The summed E-state index contributed by atoms with van der Waals surface area (Å²) < 4.78 is 6.92. The van der Waals surface area contributed by atoms with E-state index in [1.54, 1.807) is 11.3 Å². The van der Waals surface area contributed by atoms with E-state index in [1.165, 1.54) is 22.5 Å². The van der Waals surface area contributed by atoms with Gasteiger partial charge in [-0.2, -0.15) is 0 Å². The molecule has 0 aliphatic carbocycles. The van der Waals surface area contributed by atoms with Crippen molar-refractivity contribution in [2.24, 2.45) is 5.73 Å². The quantitative estimate of drug-likeness (QED) is 0.875. The van der Waals surface area contributed by atoms with E-state index in [0.717, 1.165) is 17.7 Å². The van der Waals surface area contributed by atoms with Crippen molar-refractivity contribution in [1.82, 2.24) is 4.98 Å². The summed E-state index contributed by atoms with van der Waals surface area (Å²) in [6.45, 7) is 6.63. The van der Waals surface area contributed by atoms with Crippen LogP contribution >= 0.6 is 11.3 Å². The van der Waals surface area contributed by atoms with Crippen molar-refractivity contribution in [2.75, 3.05) is 6.61 Å². The van der Waals surface area contributed by atoms with E-state index in [9.17, 15) is 0 Å². The lowest BCUT2D eigenvalue weighted by Gasteiger charge is -2.18. The normalized spacial score (nSPS) is 12.0. The Labute approximate surface area is 118 Å². The number of rotatable bonds is 6. The monoisotopic (exact) mass is 278 g/mol. The fourth-order valence-corrected chi connectivity index (χ4v) is 2.78. The summed E-state index contributed by atoms with van der Waals surface area (Å²) in [7, 11) is 0. The number of benzene rings is 1. The van der Waals surface area contributed by atoms with E-state index < -0.39 is 0 Å². The van der Waals surface area contributed by atoms with E-state index in [-0.39, 0.29) is 5.54 Å². The zero-order valence-electron chi connectivity index (χ0n) is 11.9. The summed E-state index contributed by atoms with van der Waals surface area (Å²) in [6.07, 6.45) is 3.47. The SMILES string of the molecule is CCCCc1nc2ccc(OCC(C)(C)N)cc2s1. The molecular formula is C15H22N2OS. The lowest BCUT2D eigenvalue weighted by molar-refractivity contribution is 0.243. The largest absolute Gasteiger partial charge is 0.492 e. The van der Waals surface area contributed by atoms with Crippen molar-refractivity contribution in [3.05, 3.63) is 23.2 Å². The number of fused-ring (bicyclic) bond motifs is 1. The van der Waals surface area contributed by atoms with E-state index in [1.807, 2.05) is 26.0 Å². The number of nitrogens with zero attached hydrogens (tertiary/aromatic N) is 1. The first-order valence-corrected chi connectivity index (χ1v) is 7.61. The van der Waals surface area contributed by atoms with Gasteiger partial charge < -0.3 is 10.5 Å². The zero-order chi connectivity index (χ0) is 13.9. The average molecular weight is 278 g/mol. The fraction of sp³-hybridized carbons (Fsp3) is 0.533. The molecule has 2 N–H and O–H groups in total. The molecule has 0 bridgehead atoms. The van der Waals surface area contributed by atoms with Crippen molar-refractivity contribution >= 4 is 21.6 Å². The van der Waals surface area contributed by atoms with Crippen molar-refractivity contribution < 1.29 is 4.74 Å². The first-order chi connectivity index (χ1) is 8.98. The van der Waals surface area contributed by atoms with E-state index in [2.05, 4.69) is 18.0 Å². The highest BCUT2D eigenvalue weighted by Crippen LogP contribution is 2.27. The predicted octanol–water partition coefficient (Wildman–Crippen LogP) is 3.76. The molecule has 1 heterocycles. The molecule has 2 rings (SSSR count). The zero-order valence-corrected chi connectivity index (χ0v) is 12.7. The van der Waals surface area contributed by atoms with Crippen LogP contribution in [0.1, 0.15) is 38.6 Å². The van der Waals surface area contributed by atoms with Crippen LogP contribution in [0.2, 0.25) is 0 Å². The molecule has 0 unspecified atom stereocenters. The summed E-state index contributed by atoms with van der Waals surface area (Å²) in [5, 5.41) is 1.22. The van der Waals surface area contributed by atoms with Gasteiger partial charge in [-0.1, -0.05) is 13.3 Å². The van der Waals surface area contributed by atoms with E-state index >= 15 is 0 Å². The first-order valence-electron chi connectivity index (χ1n) is 6.79. The summed E-state index contributed by atoms with van der Waals surface area (Å²) in [5.41, 5.74) is 6.67. The fourth-order valence-electron chi connectivity index (χ4n) is 1.75. The second kappa shape index (κ2) is 5.88. The number of hydrogen-bond acceptors (Lipinski definition) is 4. The lowest BCUT2D eigenvalue weighted by atomic mass is 10.1. The Kier molecular flexibility index (Phi) is 4.42. The Morgan fingerprint density at radius 2 is 2.16 bits per heavy atom. The maximum absolute atomic E-state index is 5.92. The molecule has 0 radical (unpaired) electrons. The molecule has 4 heteroatoms. The van der Waals surface area contributed by atoms with Crippen molar-refractivity contribution in [2.45, 2.75) is 45.6 Å². The van der Waals surface area contributed by atoms with Gasteiger partial charge in [0, 0.05) is 5.54 Å². The van der Waals surface area contributed by atoms with Crippen LogP contribution in [-0.2, 0) is 6.42 Å². The minimum absolute atomic E-state index is 0.311. The number of unbranched alkanes of at least 4 members (excludes halogenated alkanes) is 1. The molecular weight excluding hydrogens is 256 g/mol. The van der Waals surface area contributed by atoms with Crippen molar-refractivity contribution in [1.29, 1.82) is 0 Å². The Hall–Kier alpha value is -1.13. The van der Waals surface area contributed by atoms with Gasteiger partial charge in [0.25, 0.3) is 0 Å². The second-order valence-corrected chi connectivity index (χ2v) is 6.73. The lowest BCUT2D eigenvalue weighted by Crippen LogP contribution is -2.38. The van der Waals surface area contributed by atoms with Crippen LogP contribution in [0, 0.1) is 0 Å². The molecule has 0 saturated heterocycles. The first kappa shape index (κ1) is 14.3.